The molecule has 0 aromatic rings. The Labute approximate surface area is 136 Å². The van der Waals surface area contributed by atoms with Gasteiger partial charge in [-0.1, -0.05) is 20.8 Å². The first-order valence-electron chi connectivity index (χ1n) is 8.55. The van der Waals surface area contributed by atoms with Crippen molar-refractivity contribution in [2.24, 2.45) is 16.3 Å². The number of guanidine groups is 1. The van der Waals surface area contributed by atoms with Crippen LogP contribution in [0.4, 0.5) is 0 Å². The van der Waals surface area contributed by atoms with Gasteiger partial charge in [-0.25, -0.2) is 0 Å². The molecule has 0 radical (unpaired) electrons. The van der Waals surface area contributed by atoms with Crippen LogP contribution >= 0.6 is 0 Å². The van der Waals surface area contributed by atoms with E-state index >= 15 is 0 Å². The van der Waals surface area contributed by atoms with Gasteiger partial charge in [0.15, 0.2) is 5.96 Å². The number of nitrogens with zero attached hydrogens (tertiary/aromatic N) is 2. The van der Waals surface area contributed by atoms with Crippen LogP contribution in [0.25, 0.3) is 0 Å². The van der Waals surface area contributed by atoms with Crippen molar-refractivity contribution in [3.63, 3.8) is 0 Å². The maximum absolute atomic E-state index is 6.04. The second-order valence-corrected chi connectivity index (χ2v) is 7.60. The lowest BCUT2D eigenvalue weighted by Crippen LogP contribution is -2.47. The molecule has 2 unspecified atom stereocenters. The van der Waals surface area contributed by atoms with E-state index < -0.39 is 0 Å². The first kappa shape index (κ1) is 19.2. The summed E-state index contributed by atoms with van der Waals surface area (Å²) in [7, 11) is 6.03. The molecular weight excluding hydrogens is 276 g/mol. The van der Waals surface area contributed by atoms with Gasteiger partial charge in [0.1, 0.15) is 0 Å². The van der Waals surface area contributed by atoms with Gasteiger partial charge in [-0.15, -0.1) is 0 Å². The molecule has 2 atom stereocenters. The summed E-state index contributed by atoms with van der Waals surface area (Å²) in [5.41, 5.74) is 0.190. The summed E-state index contributed by atoms with van der Waals surface area (Å²) in [5, 5.41) is 6.86. The van der Waals surface area contributed by atoms with Crippen LogP contribution in [0.5, 0.6) is 0 Å². The van der Waals surface area contributed by atoms with E-state index in [1.54, 1.807) is 0 Å². The fourth-order valence-corrected chi connectivity index (χ4v) is 3.06. The number of aliphatic imine (C=N–C) groups is 1. The Hall–Kier alpha value is -0.810. The van der Waals surface area contributed by atoms with Crippen LogP contribution in [0.3, 0.4) is 0 Å². The fraction of sp³-hybridized carbons (Fsp3) is 0.941. The first-order valence-corrected chi connectivity index (χ1v) is 8.55. The Balaban J connectivity index is 2.38. The third-order valence-electron chi connectivity index (χ3n) is 4.13. The number of hydrogen-bond donors (Lipinski definition) is 2. The third-order valence-corrected chi connectivity index (χ3v) is 4.13. The lowest BCUT2D eigenvalue weighted by Gasteiger charge is -2.40. The summed E-state index contributed by atoms with van der Waals surface area (Å²) in [6.07, 6.45) is 3.83. The predicted octanol–water partition coefficient (Wildman–Crippen LogP) is 1.94. The summed E-state index contributed by atoms with van der Waals surface area (Å²) < 4.78 is 6.04. The summed E-state index contributed by atoms with van der Waals surface area (Å²) in [4.78, 5) is 6.52. The van der Waals surface area contributed by atoms with Gasteiger partial charge in [-0.2, -0.15) is 0 Å². The SMILES string of the molecule is CN=C(NCCCN(C)C)NCC1CCCOC1C(C)(C)C. The Bertz CT molecular complexity index is 336. The number of rotatable bonds is 6. The zero-order chi connectivity index (χ0) is 16.6. The second-order valence-electron chi connectivity index (χ2n) is 7.60. The van der Waals surface area contributed by atoms with Gasteiger partial charge in [-0.3, -0.25) is 4.99 Å². The molecule has 2 N–H and O–H groups in total. The number of nitrogens with one attached hydrogen (secondary N) is 2. The van der Waals surface area contributed by atoms with Crippen LogP contribution in [-0.4, -0.2) is 64.3 Å². The standard InChI is InChI=1S/C17H36N4O/c1-17(2,3)15-14(9-7-12-22-15)13-20-16(18-4)19-10-8-11-21(5)6/h14-15H,7-13H2,1-6H3,(H2,18,19,20). The minimum atomic E-state index is 0.190. The van der Waals surface area contributed by atoms with Crippen molar-refractivity contribution in [3.05, 3.63) is 0 Å². The molecule has 5 nitrogen and oxygen atoms in total. The van der Waals surface area contributed by atoms with Crippen molar-refractivity contribution in [2.45, 2.75) is 46.1 Å². The minimum absolute atomic E-state index is 0.190. The number of hydrogen-bond acceptors (Lipinski definition) is 3. The van der Waals surface area contributed by atoms with E-state index in [9.17, 15) is 0 Å². The fourth-order valence-electron chi connectivity index (χ4n) is 3.06. The molecule has 1 aliphatic heterocycles. The third kappa shape index (κ3) is 6.97. The Kier molecular flexibility index (Phi) is 8.18. The van der Waals surface area contributed by atoms with Crippen molar-refractivity contribution in [3.8, 4) is 0 Å². The summed E-state index contributed by atoms with van der Waals surface area (Å²) in [5.74, 6) is 1.45. The zero-order valence-electron chi connectivity index (χ0n) is 15.4. The van der Waals surface area contributed by atoms with Crippen molar-refractivity contribution < 1.29 is 4.74 Å². The largest absolute Gasteiger partial charge is 0.377 e. The molecule has 5 heteroatoms. The molecule has 1 saturated heterocycles. The smallest absolute Gasteiger partial charge is 0.190 e. The van der Waals surface area contributed by atoms with Crippen LogP contribution in [0.2, 0.25) is 0 Å². The molecule has 22 heavy (non-hydrogen) atoms. The van der Waals surface area contributed by atoms with E-state index in [-0.39, 0.29) is 5.41 Å². The monoisotopic (exact) mass is 312 g/mol. The first-order chi connectivity index (χ1) is 10.3. The van der Waals surface area contributed by atoms with Gasteiger partial charge in [0.2, 0.25) is 0 Å². The lowest BCUT2D eigenvalue weighted by atomic mass is 9.78. The zero-order valence-corrected chi connectivity index (χ0v) is 15.4. The average Bonchev–Trinajstić information content (AvgIpc) is 2.45. The van der Waals surface area contributed by atoms with Crippen molar-refractivity contribution in [1.82, 2.24) is 15.5 Å². The maximum atomic E-state index is 6.04. The lowest BCUT2D eigenvalue weighted by molar-refractivity contribution is -0.0835. The van der Waals surface area contributed by atoms with Crippen LogP contribution in [0, 0.1) is 11.3 Å². The van der Waals surface area contributed by atoms with Gasteiger partial charge in [0.25, 0.3) is 0 Å². The van der Waals surface area contributed by atoms with E-state index in [1.165, 1.54) is 6.42 Å². The molecule has 1 rings (SSSR count). The Morgan fingerprint density at radius 2 is 2.00 bits per heavy atom. The van der Waals surface area contributed by atoms with Crippen molar-refractivity contribution in [2.75, 3.05) is 47.4 Å². The van der Waals surface area contributed by atoms with Crippen LogP contribution in [0.15, 0.2) is 4.99 Å². The molecule has 0 bridgehead atoms. The van der Waals surface area contributed by atoms with E-state index in [1.807, 2.05) is 7.05 Å². The highest BCUT2D eigenvalue weighted by Crippen LogP contribution is 2.33. The Morgan fingerprint density at radius 3 is 2.59 bits per heavy atom. The average molecular weight is 313 g/mol. The summed E-state index contributed by atoms with van der Waals surface area (Å²) in [6.45, 7) is 10.7. The molecule has 0 spiro atoms. The van der Waals surface area contributed by atoms with Gasteiger partial charge < -0.3 is 20.3 Å². The predicted molar refractivity (Wildman–Crippen MR) is 94.5 cm³/mol. The molecular formula is C17H36N4O. The van der Waals surface area contributed by atoms with Gasteiger partial charge in [0, 0.05) is 32.7 Å². The van der Waals surface area contributed by atoms with Gasteiger partial charge in [-0.05, 0) is 45.3 Å². The van der Waals surface area contributed by atoms with Gasteiger partial charge >= 0.3 is 0 Å². The molecule has 0 aliphatic carbocycles. The highest BCUT2D eigenvalue weighted by Gasteiger charge is 2.35. The molecule has 1 heterocycles. The highest BCUT2D eigenvalue weighted by atomic mass is 16.5. The second kappa shape index (κ2) is 9.36. The minimum Gasteiger partial charge on any atom is -0.377 e. The molecule has 0 aromatic heterocycles. The van der Waals surface area contributed by atoms with Crippen LogP contribution in [0.1, 0.15) is 40.0 Å². The number of ether oxygens (including phenoxy) is 1. The molecule has 0 saturated carbocycles. The molecule has 0 aromatic carbocycles. The summed E-state index contributed by atoms with van der Waals surface area (Å²) >= 11 is 0. The van der Waals surface area contributed by atoms with Gasteiger partial charge in [0.05, 0.1) is 6.10 Å². The topological polar surface area (TPSA) is 48.9 Å². The molecule has 130 valence electrons. The van der Waals surface area contributed by atoms with E-state index in [4.69, 9.17) is 4.74 Å². The van der Waals surface area contributed by atoms with Crippen molar-refractivity contribution >= 4 is 5.96 Å². The van der Waals surface area contributed by atoms with Crippen molar-refractivity contribution in [1.29, 1.82) is 0 Å². The quantitative estimate of drug-likeness (QED) is 0.447. The van der Waals surface area contributed by atoms with Crippen LogP contribution in [-0.2, 0) is 4.74 Å². The summed E-state index contributed by atoms with van der Waals surface area (Å²) in [6, 6.07) is 0. The highest BCUT2D eigenvalue weighted by molar-refractivity contribution is 5.79. The van der Waals surface area contributed by atoms with E-state index in [0.29, 0.717) is 12.0 Å². The molecule has 1 fully saturated rings. The van der Waals surface area contributed by atoms with E-state index in [0.717, 1.165) is 45.0 Å². The normalized spacial score (nSPS) is 23.7. The van der Waals surface area contributed by atoms with E-state index in [2.05, 4.69) is 55.4 Å². The molecule has 1 aliphatic rings. The van der Waals surface area contributed by atoms with Crippen LogP contribution < -0.4 is 10.6 Å². The Morgan fingerprint density at radius 1 is 1.27 bits per heavy atom. The maximum Gasteiger partial charge on any atom is 0.190 e. The molecule has 0 amide bonds.